The molecular weight excluding hydrogens is 184 g/mol. The van der Waals surface area contributed by atoms with E-state index in [1.165, 1.54) is 12.5 Å². The largest absolute Gasteiger partial charge is 0.417 e. The van der Waals surface area contributed by atoms with Gasteiger partial charge < -0.3 is 15.2 Å². The van der Waals surface area contributed by atoms with E-state index < -0.39 is 5.76 Å². The average Bonchev–Trinajstić information content (AvgIpc) is 2.48. The number of hydrogen-bond acceptors (Lipinski definition) is 3. The molecule has 1 aromatic heterocycles. The van der Waals surface area contributed by atoms with Crippen LogP contribution in [0.2, 0.25) is 0 Å². The van der Waals surface area contributed by atoms with E-state index in [4.69, 9.17) is 0 Å². The Hall–Kier alpha value is -2.01. The van der Waals surface area contributed by atoms with Crippen LogP contribution in [0.25, 0.3) is 0 Å². The summed E-state index contributed by atoms with van der Waals surface area (Å²) in [6, 6.07) is 0. The Morgan fingerprint density at radius 3 is 2.07 bits per heavy atom. The van der Waals surface area contributed by atoms with Gasteiger partial charge in [0.15, 0.2) is 0 Å². The average molecular weight is 196 g/mol. The zero-order valence-corrected chi connectivity index (χ0v) is 7.44. The highest BCUT2D eigenvalue weighted by Gasteiger charge is 1.73. The summed E-state index contributed by atoms with van der Waals surface area (Å²) in [6.45, 7) is 0. The predicted octanol–water partition coefficient (Wildman–Crippen LogP) is 0.316. The molecule has 0 spiro atoms. The molecule has 1 aliphatic heterocycles. The highest BCUT2D eigenvalue weighted by molar-refractivity contribution is 5.14. The maximum atomic E-state index is 9.85. The molecule has 4 N–H and O–H groups in total. The molecule has 0 aromatic carbocycles. The molecule has 0 aliphatic carbocycles. The molecule has 0 atom stereocenters. The van der Waals surface area contributed by atoms with E-state index in [1.807, 2.05) is 36.7 Å². The van der Waals surface area contributed by atoms with Crippen LogP contribution in [0.5, 0.6) is 0 Å². The van der Waals surface area contributed by atoms with Crippen LogP contribution < -0.4 is 11.1 Å². The van der Waals surface area contributed by atoms with Gasteiger partial charge in [-0.25, -0.2) is 4.79 Å². The van der Waals surface area contributed by atoms with Crippen molar-refractivity contribution in [2.45, 2.75) is 0 Å². The lowest BCUT2D eigenvalue weighted by Crippen LogP contribution is -1.91. The number of H-pyrrole nitrogens is 1. The van der Waals surface area contributed by atoms with Gasteiger partial charge in [-0.15, -0.1) is 0 Å². The van der Waals surface area contributed by atoms with Gasteiger partial charge in [0, 0.05) is 18.6 Å². The number of oxazole rings is 1. The van der Waals surface area contributed by atoms with Crippen LogP contribution in [0.3, 0.4) is 0 Å². The third-order valence-corrected chi connectivity index (χ3v) is 1.16. The van der Waals surface area contributed by atoms with Gasteiger partial charge in [-0.1, -0.05) is 12.2 Å². The number of allylic oxidation sites excluding steroid dienone is 4. The molecule has 5 nitrogen and oxygen atoms in total. The van der Waals surface area contributed by atoms with Crippen molar-refractivity contribution in [3.63, 3.8) is 0 Å². The standard InChI is InChI=1S/C6H7N.C3H3NO2.H2O/c1-2-4-6-7-5-3-1;5-3-4-1-2-6-3;/h1-7H;1-2H,(H,4,5);1H2. The van der Waals surface area contributed by atoms with Crippen molar-refractivity contribution in [3.8, 4) is 0 Å². The second kappa shape index (κ2) is 7.63. The first-order chi connectivity index (χ1) is 6.39. The molecule has 0 saturated carbocycles. The smallest absolute Gasteiger partial charge is 0.416 e. The van der Waals surface area contributed by atoms with Crippen molar-refractivity contribution in [3.05, 3.63) is 59.7 Å². The lowest BCUT2D eigenvalue weighted by Gasteiger charge is -1.79. The Labute approximate surface area is 80.8 Å². The molecule has 2 rings (SSSR count). The van der Waals surface area contributed by atoms with Crippen LogP contribution >= 0.6 is 0 Å². The highest BCUT2D eigenvalue weighted by Crippen LogP contribution is 1.81. The molecule has 76 valence electrons. The Morgan fingerprint density at radius 2 is 1.71 bits per heavy atom. The second-order valence-corrected chi connectivity index (χ2v) is 2.12. The van der Waals surface area contributed by atoms with Crippen molar-refractivity contribution < 1.29 is 9.89 Å². The number of hydrogen-bond donors (Lipinski definition) is 2. The summed E-state index contributed by atoms with van der Waals surface area (Å²) in [7, 11) is 0. The zero-order chi connectivity index (χ0) is 9.36. The van der Waals surface area contributed by atoms with E-state index >= 15 is 0 Å². The van der Waals surface area contributed by atoms with Gasteiger partial charge >= 0.3 is 5.76 Å². The van der Waals surface area contributed by atoms with Gasteiger partial charge in [-0.3, -0.25) is 4.98 Å². The molecule has 0 saturated heterocycles. The van der Waals surface area contributed by atoms with Gasteiger partial charge in [-0.05, 0) is 12.2 Å². The number of rotatable bonds is 0. The van der Waals surface area contributed by atoms with Crippen LogP contribution in [0, 0.1) is 0 Å². The third-order valence-electron chi connectivity index (χ3n) is 1.16. The minimum Gasteiger partial charge on any atom is -0.417 e. The fourth-order valence-electron chi connectivity index (χ4n) is 0.638. The molecule has 5 heteroatoms. The van der Waals surface area contributed by atoms with Crippen molar-refractivity contribution in [2.75, 3.05) is 0 Å². The Balaban J connectivity index is 0.000000227. The van der Waals surface area contributed by atoms with Crippen molar-refractivity contribution in [2.24, 2.45) is 0 Å². The van der Waals surface area contributed by atoms with E-state index in [0.29, 0.717) is 0 Å². The van der Waals surface area contributed by atoms with Gasteiger partial charge in [0.1, 0.15) is 6.26 Å². The van der Waals surface area contributed by atoms with E-state index in [0.717, 1.165) is 0 Å². The van der Waals surface area contributed by atoms with Crippen LogP contribution in [0.4, 0.5) is 0 Å². The van der Waals surface area contributed by atoms with Gasteiger partial charge in [0.2, 0.25) is 0 Å². The number of aromatic amines is 1. The Kier molecular flexibility index (Phi) is 6.53. The molecule has 0 radical (unpaired) electrons. The second-order valence-electron chi connectivity index (χ2n) is 2.12. The summed E-state index contributed by atoms with van der Waals surface area (Å²) >= 11 is 0. The molecule has 1 aliphatic rings. The summed E-state index contributed by atoms with van der Waals surface area (Å²) in [5.74, 6) is -0.407. The topological polar surface area (TPSA) is 89.5 Å². The van der Waals surface area contributed by atoms with Gasteiger partial charge in [-0.2, -0.15) is 0 Å². The van der Waals surface area contributed by atoms with Crippen molar-refractivity contribution >= 4 is 0 Å². The maximum absolute atomic E-state index is 9.85. The fraction of sp³-hybridized carbons (Fsp3) is 0. The first kappa shape index (κ1) is 12.0. The zero-order valence-electron chi connectivity index (χ0n) is 7.44. The molecule has 1 aromatic rings. The van der Waals surface area contributed by atoms with E-state index in [9.17, 15) is 4.79 Å². The normalized spacial score (nSPS) is 11.7. The Bertz CT molecular complexity index is 329. The van der Waals surface area contributed by atoms with Crippen LogP contribution in [0.15, 0.2) is 58.4 Å². The van der Waals surface area contributed by atoms with E-state index in [1.54, 1.807) is 0 Å². The molecule has 0 bridgehead atoms. The van der Waals surface area contributed by atoms with Crippen LogP contribution in [-0.2, 0) is 0 Å². The first-order valence-electron chi connectivity index (χ1n) is 3.76. The minimum atomic E-state index is -0.407. The molecule has 2 heterocycles. The quantitative estimate of drug-likeness (QED) is 0.626. The molecule has 0 unspecified atom stereocenters. The summed E-state index contributed by atoms with van der Waals surface area (Å²) < 4.78 is 4.22. The van der Waals surface area contributed by atoms with Gasteiger partial charge in [0.25, 0.3) is 0 Å². The monoisotopic (exact) mass is 196 g/mol. The summed E-state index contributed by atoms with van der Waals surface area (Å²) in [6.07, 6.45) is 14.3. The van der Waals surface area contributed by atoms with E-state index in [-0.39, 0.29) is 5.48 Å². The SMILES string of the molecule is C1=CC=CNC=C1.O.O=c1[nH]cco1. The van der Waals surface area contributed by atoms with Crippen molar-refractivity contribution in [1.82, 2.24) is 10.3 Å². The maximum Gasteiger partial charge on any atom is 0.416 e. The van der Waals surface area contributed by atoms with Crippen molar-refractivity contribution in [1.29, 1.82) is 0 Å². The fourth-order valence-corrected chi connectivity index (χ4v) is 0.638. The summed E-state index contributed by atoms with van der Waals surface area (Å²) in [5.41, 5.74) is 0. The van der Waals surface area contributed by atoms with E-state index in [2.05, 4.69) is 14.7 Å². The molecule has 0 fully saturated rings. The predicted molar refractivity (Wildman–Crippen MR) is 53.5 cm³/mol. The minimum absolute atomic E-state index is 0. The van der Waals surface area contributed by atoms with Crippen LogP contribution in [0.1, 0.15) is 0 Å². The number of aromatic nitrogens is 1. The Morgan fingerprint density at radius 1 is 1.07 bits per heavy atom. The first-order valence-corrected chi connectivity index (χ1v) is 3.76. The lowest BCUT2D eigenvalue weighted by atomic mass is 10.5. The summed E-state index contributed by atoms with van der Waals surface area (Å²) in [5, 5.41) is 2.92. The lowest BCUT2D eigenvalue weighted by molar-refractivity contribution is 0.515. The molecule has 14 heavy (non-hydrogen) atoms. The van der Waals surface area contributed by atoms with Gasteiger partial charge in [0.05, 0.1) is 0 Å². The highest BCUT2D eigenvalue weighted by atomic mass is 16.4. The van der Waals surface area contributed by atoms with Crippen LogP contribution in [-0.4, -0.2) is 10.5 Å². The molecular formula is C9H12N2O3. The molecule has 0 amide bonds. The number of nitrogens with one attached hydrogen (secondary N) is 2. The summed E-state index contributed by atoms with van der Waals surface area (Å²) in [4.78, 5) is 12.1. The third kappa shape index (κ3) is 5.62.